The van der Waals surface area contributed by atoms with Gasteiger partial charge in [0.2, 0.25) is 15.9 Å². The maximum absolute atomic E-state index is 12.4. The molecule has 0 spiro atoms. The highest BCUT2D eigenvalue weighted by atomic mass is 32.2. The number of benzene rings is 1. The van der Waals surface area contributed by atoms with E-state index in [1.54, 1.807) is 11.8 Å². The molecule has 0 aromatic heterocycles. The van der Waals surface area contributed by atoms with Crippen LogP contribution in [0.3, 0.4) is 0 Å². The van der Waals surface area contributed by atoms with Crippen LogP contribution in [0.25, 0.3) is 6.08 Å². The van der Waals surface area contributed by atoms with Crippen molar-refractivity contribution in [3.63, 3.8) is 0 Å². The molecular formula is C19H30N2O3S2. The second kappa shape index (κ2) is 12.1. The summed E-state index contributed by atoms with van der Waals surface area (Å²) < 4.78 is 27.1. The van der Waals surface area contributed by atoms with Gasteiger partial charge in [0, 0.05) is 12.0 Å². The van der Waals surface area contributed by atoms with E-state index in [4.69, 9.17) is 0 Å². The van der Waals surface area contributed by atoms with Gasteiger partial charge in [0.25, 0.3) is 0 Å². The van der Waals surface area contributed by atoms with Gasteiger partial charge in [-0.1, -0.05) is 44.2 Å². The summed E-state index contributed by atoms with van der Waals surface area (Å²) in [5, 5.41) is 3.96. The predicted molar refractivity (Wildman–Crippen MR) is 111 cm³/mol. The first kappa shape index (κ1) is 22.7. The van der Waals surface area contributed by atoms with E-state index in [0.29, 0.717) is 24.6 Å². The summed E-state index contributed by atoms with van der Waals surface area (Å²) in [6, 6.07) is 8.42. The van der Waals surface area contributed by atoms with Crippen molar-refractivity contribution in [2.45, 2.75) is 39.2 Å². The lowest BCUT2D eigenvalue weighted by Gasteiger charge is -2.17. The van der Waals surface area contributed by atoms with Crippen molar-refractivity contribution >= 4 is 33.8 Å². The molecule has 1 aromatic carbocycles. The number of amides is 1. The van der Waals surface area contributed by atoms with Gasteiger partial charge in [-0.3, -0.25) is 4.79 Å². The number of sulfonamides is 1. The zero-order chi connectivity index (χ0) is 19.4. The number of hydrogen-bond donors (Lipinski definition) is 2. The van der Waals surface area contributed by atoms with E-state index in [9.17, 15) is 13.2 Å². The van der Waals surface area contributed by atoms with Gasteiger partial charge in [0.05, 0.1) is 0 Å². The third-order valence-electron chi connectivity index (χ3n) is 3.73. The normalized spacial score (nSPS) is 13.2. The molecular weight excluding hydrogens is 368 g/mol. The van der Waals surface area contributed by atoms with Crippen LogP contribution in [0.5, 0.6) is 0 Å². The number of nitrogens with one attached hydrogen (secondary N) is 2. The molecule has 0 fully saturated rings. The molecule has 0 saturated carbocycles. The second-order valence-electron chi connectivity index (χ2n) is 6.54. The van der Waals surface area contributed by atoms with Gasteiger partial charge in [0.1, 0.15) is 6.04 Å². The molecule has 0 bridgehead atoms. The molecule has 0 aliphatic rings. The SMILES string of the molecule is CSCCC(NS(=O)(=O)/C=C/c1ccccc1)C(=O)NCCCC(C)C. The first-order valence-electron chi connectivity index (χ1n) is 8.86. The molecule has 0 radical (unpaired) electrons. The Balaban J connectivity index is 2.66. The molecule has 0 aliphatic heterocycles. The summed E-state index contributed by atoms with van der Waals surface area (Å²) >= 11 is 1.58. The molecule has 0 saturated heterocycles. The lowest BCUT2D eigenvalue weighted by Crippen LogP contribution is -2.46. The Kier molecular flexibility index (Phi) is 10.6. The van der Waals surface area contributed by atoms with Crippen molar-refractivity contribution in [1.29, 1.82) is 0 Å². The molecule has 2 N–H and O–H groups in total. The second-order valence-corrected chi connectivity index (χ2v) is 9.12. The molecule has 146 valence electrons. The van der Waals surface area contributed by atoms with Gasteiger partial charge in [-0.15, -0.1) is 0 Å². The van der Waals surface area contributed by atoms with Crippen molar-refractivity contribution in [2.24, 2.45) is 5.92 Å². The Labute approximate surface area is 162 Å². The number of carbonyl (C=O) groups excluding carboxylic acids is 1. The Morgan fingerprint density at radius 2 is 1.88 bits per heavy atom. The van der Waals surface area contributed by atoms with E-state index in [0.717, 1.165) is 23.8 Å². The van der Waals surface area contributed by atoms with Crippen LogP contribution >= 0.6 is 11.8 Å². The summed E-state index contributed by atoms with van der Waals surface area (Å²) in [6.45, 7) is 4.83. The van der Waals surface area contributed by atoms with Crippen molar-refractivity contribution in [2.75, 3.05) is 18.6 Å². The van der Waals surface area contributed by atoms with Gasteiger partial charge < -0.3 is 5.32 Å². The third kappa shape index (κ3) is 9.99. The van der Waals surface area contributed by atoms with E-state index in [-0.39, 0.29) is 5.91 Å². The maximum atomic E-state index is 12.4. The van der Waals surface area contributed by atoms with Gasteiger partial charge in [-0.2, -0.15) is 16.5 Å². The van der Waals surface area contributed by atoms with Gasteiger partial charge in [-0.25, -0.2) is 8.42 Å². The Hall–Kier alpha value is -1.31. The van der Waals surface area contributed by atoms with Crippen LogP contribution in [0, 0.1) is 5.92 Å². The summed E-state index contributed by atoms with van der Waals surface area (Å²) in [7, 11) is -3.70. The minimum atomic E-state index is -3.70. The van der Waals surface area contributed by atoms with E-state index < -0.39 is 16.1 Å². The molecule has 1 aromatic rings. The number of thioether (sulfide) groups is 1. The van der Waals surface area contributed by atoms with E-state index in [2.05, 4.69) is 23.9 Å². The molecule has 26 heavy (non-hydrogen) atoms. The Bertz CT molecular complexity index is 659. The average molecular weight is 399 g/mol. The zero-order valence-electron chi connectivity index (χ0n) is 15.8. The standard InChI is InChI=1S/C19H30N2O3S2/c1-16(2)8-7-13-20-19(22)18(11-14-25-3)21-26(23,24)15-12-17-9-5-4-6-10-17/h4-6,9-10,12,15-16,18,21H,7-8,11,13-14H2,1-3H3,(H,20,22)/b15-12+. The fourth-order valence-electron chi connectivity index (χ4n) is 2.29. The highest BCUT2D eigenvalue weighted by molar-refractivity contribution is 7.98. The van der Waals surface area contributed by atoms with Crippen LogP contribution in [0.15, 0.2) is 35.7 Å². The monoisotopic (exact) mass is 398 g/mol. The number of rotatable bonds is 12. The quantitative estimate of drug-likeness (QED) is 0.530. The highest BCUT2D eigenvalue weighted by Gasteiger charge is 2.22. The molecule has 7 heteroatoms. The Morgan fingerprint density at radius 3 is 2.50 bits per heavy atom. The summed E-state index contributed by atoms with van der Waals surface area (Å²) in [5.74, 6) is 1.02. The van der Waals surface area contributed by atoms with Gasteiger partial charge in [-0.05, 0) is 48.8 Å². The molecule has 1 rings (SSSR count). The highest BCUT2D eigenvalue weighted by Crippen LogP contribution is 2.07. The summed E-state index contributed by atoms with van der Waals surface area (Å²) in [6.07, 6.45) is 5.83. The average Bonchev–Trinajstić information content (AvgIpc) is 2.61. The molecule has 5 nitrogen and oxygen atoms in total. The molecule has 0 aliphatic carbocycles. The van der Waals surface area contributed by atoms with Gasteiger partial charge >= 0.3 is 0 Å². The van der Waals surface area contributed by atoms with Crippen LogP contribution in [0.2, 0.25) is 0 Å². The molecule has 1 atom stereocenters. The fourth-order valence-corrected chi connectivity index (χ4v) is 3.80. The summed E-state index contributed by atoms with van der Waals surface area (Å²) in [4.78, 5) is 12.4. The zero-order valence-corrected chi connectivity index (χ0v) is 17.4. The minimum Gasteiger partial charge on any atom is -0.355 e. The molecule has 1 amide bonds. The smallest absolute Gasteiger partial charge is 0.238 e. The van der Waals surface area contributed by atoms with Crippen LogP contribution in [-0.4, -0.2) is 38.9 Å². The van der Waals surface area contributed by atoms with E-state index in [1.807, 2.05) is 36.6 Å². The largest absolute Gasteiger partial charge is 0.355 e. The van der Waals surface area contributed by atoms with Crippen LogP contribution in [0.1, 0.15) is 38.7 Å². The van der Waals surface area contributed by atoms with Crippen LogP contribution < -0.4 is 10.0 Å². The van der Waals surface area contributed by atoms with Gasteiger partial charge in [0.15, 0.2) is 0 Å². The van der Waals surface area contributed by atoms with Crippen molar-refractivity contribution in [1.82, 2.24) is 10.0 Å². The van der Waals surface area contributed by atoms with Crippen LogP contribution in [0.4, 0.5) is 0 Å². The van der Waals surface area contributed by atoms with Crippen molar-refractivity contribution in [3.8, 4) is 0 Å². The maximum Gasteiger partial charge on any atom is 0.238 e. The van der Waals surface area contributed by atoms with Crippen LogP contribution in [-0.2, 0) is 14.8 Å². The topological polar surface area (TPSA) is 75.3 Å². The molecule has 0 heterocycles. The lowest BCUT2D eigenvalue weighted by atomic mass is 10.1. The minimum absolute atomic E-state index is 0.264. The third-order valence-corrected chi connectivity index (χ3v) is 5.48. The molecule has 1 unspecified atom stereocenters. The Morgan fingerprint density at radius 1 is 1.19 bits per heavy atom. The van der Waals surface area contributed by atoms with Crippen molar-refractivity contribution < 1.29 is 13.2 Å². The lowest BCUT2D eigenvalue weighted by molar-refractivity contribution is -0.122. The fraction of sp³-hybridized carbons (Fsp3) is 0.526. The van der Waals surface area contributed by atoms with E-state index in [1.165, 1.54) is 6.08 Å². The van der Waals surface area contributed by atoms with E-state index >= 15 is 0 Å². The number of hydrogen-bond acceptors (Lipinski definition) is 4. The summed E-state index contributed by atoms with van der Waals surface area (Å²) in [5.41, 5.74) is 0.789. The first-order valence-corrected chi connectivity index (χ1v) is 11.8. The van der Waals surface area contributed by atoms with Crippen molar-refractivity contribution in [3.05, 3.63) is 41.3 Å². The number of carbonyl (C=O) groups is 1. The predicted octanol–water partition coefficient (Wildman–Crippen LogP) is 3.25. The first-order chi connectivity index (χ1) is 12.3.